The van der Waals surface area contributed by atoms with Gasteiger partial charge >= 0.3 is 0 Å². The van der Waals surface area contributed by atoms with Crippen LogP contribution in [0.25, 0.3) is 0 Å². The average molecular weight is 311 g/mol. The molecular formula is C13H21N5O2S. The van der Waals surface area contributed by atoms with E-state index in [-0.39, 0.29) is 24.2 Å². The summed E-state index contributed by atoms with van der Waals surface area (Å²) >= 11 is 1.30. The van der Waals surface area contributed by atoms with Gasteiger partial charge in [0, 0.05) is 26.7 Å². The fourth-order valence-corrected chi connectivity index (χ4v) is 3.26. The Morgan fingerprint density at radius 3 is 2.71 bits per heavy atom. The average Bonchev–Trinajstić information content (AvgIpc) is 3.06. The number of amides is 2. The smallest absolute Gasteiger partial charge is 0.268 e. The number of nitrogen functional groups attached to an aromatic ring is 1. The van der Waals surface area contributed by atoms with Crippen LogP contribution in [0.1, 0.15) is 29.4 Å². The van der Waals surface area contributed by atoms with Gasteiger partial charge in [0.05, 0.1) is 6.54 Å². The van der Waals surface area contributed by atoms with Gasteiger partial charge in [-0.3, -0.25) is 9.59 Å². The second-order valence-corrected chi connectivity index (χ2v) is 6.00. The molecule has 0 atom stereocenters. The number of nitrogens with one attached hydrogen (secondary N) is 1. The summed E-state index contributed by atoms with van der Waals surface area (Å²) in [5, 5.41) is 3.45. The lowest BCUT2D eigenvalue weighted by Gasteiger charge is -2.15. The van der Waals surface area contributed by atoms with Crippen molar-refractivity contribution < 1.29 is 9.59 Å². The molecule has 1 aromatic heterocycles. The highest BCUT2D eigenvalue weighted by Gasteiger charge is 2.24. The molecule has 1 saturated heterocycles. The van der Waals surface area contributed by atoms with Crippen LogP contribution in [0.2, 0.25) is 0 Å². The van der Waals surface area contributed by atoms with Gasteiger partial charge in [0.15, 0.2) is 5.13 Å². The lowest BCUT2D eigenvalue weighted by Crippen LogP contribution is -2.38. The molecule has 0 saturated carbocycles. The van der Waals surface area contributed by atoms with Crippen LogP contribution in [0.15, 0.2) is 0 Å². The molecule has 8 heteroatoms. The third kappa shape index (κ3) is 3.63. The highest BCUT2D eigenvalue weighted by atomic mass is 32.1. The molecule has 2 amide bonds. The van der Waals surface area contributed by atoms with Gasteiger partial charge in [0.25, 0.3) is 5.91 Å². The minimum Gasteiger partial charge on any atom is -0.382 e. The number of rotatable bonds is 5. The summed E-state index contributed by atoms with van der Waals surface area (Å²) in [4.78, 5) is 32.1. The molecule has 1 aromatic rings. The standard InChI is InChI=1S/C13H21N5O2S/c1-3-15-9(19)8-17(2)12(20)10-11(14)16-13(21-10)18-6-4-5-7-18/h3-8,14H2,1-2H3,(H,15,19). The van der Waals surface area contributed by atoms with Gasteiger partial charge in [-0.05, 0) is 19.8 Å². The molecule has 2 rings (SSSR count). The number of carbonyl (C=O) groups is 2. The van der Waals surface area contributed by atoms with Crippen LogP contribution in [0, 0.1) is 0 Å². The maximum Gasteiger partial charge on any atom is 0.268 e. The molecular weight excluding hydrogens is 290 g/mol. The molecule has 116 valence electrons. The Labute approximate surface area is 128 Å². The number of nitrogens with two attached hydrogens (primary N) is 1. The van der Waals surface area contributed by atoms with Crippen LogP contribution in [0.4, 0.5) is 10.9 Å². The van der Waals surface area contributed by atoms with Crippen LogP contribution in [-0.4, -0.2) is 54.9 Å². The van der Waals surface area contributed by atoms with Gasteiger partial charge in [-0.2, -0.15) is 0 Å². The summed E-state index contributed by atoms with van der Waals surface area (Å²) in [6.45, 7) is 4.31. The number of thiazole rings is 1. The van der Waals surface area contributed by atoms with Crippen LogP contribution >= 0.6 is 11.3 Å². The predicted molar refractivity (Wildman–Crippen MR) is 83.6 cm³/mol. The van der Waals surface area contributed by atoms with Gasteiger partial charge < -0.3 is 20.9 Å². The lowest BCUT2D eigenvalue weighted by atomic mass is 10.4. The first-order valence-electron chi connectivity index (χ1n) is 7.06. The maximum atomic E-state index is 12.4. The summed E-state index contributed by atoms with van der Waals surface area (Å²) < 4.78 is 0. The fourth-order valence-electron chi connectivity index (χ4n) is 2.23. The van der Waals surface area contributed by atoms with Crippen LogP contribution in [0.3, 0.4) is 0 Å². The van der Waals surface area contributed by atoms with E-state index in [1.165, 1.54) is 16.2 Å². The molecule has 2 heterocycles. The highest BCUT2D eigenvalue weighted by molar-refractivity contribution is 7.18. The van der Waals surface area contributed by atoms with Crippen LogP contribution in [0.5, 0.6) is 0 Å². The van der Waals surface area contributed by atoms with Gasteiger partial charge in [0.1, 0.15) is 10.7 Å². The van der Waals surface area contributed by atoms with Crippen LogP contribution in [-0.2, 0) is 4.79 Å². The van der Waals surface area contributed by atoms with E-state index in [2.05, 4.69) is 15.2 Å². The second-order valence-electron chi connectivity index (χ2n) is 5.02. The molecule has 21 heavy (non-hydrogen) atoms. The monoisotopic (exact) mass is 311 g/mol. The summed E-state index contributed by atoms with van der Waals surface area (Å²) in [6.07, 6.45) is 2.28. The molecule has 3 N–H and O–H groups in total. The molecule has 0 bridgehead atoms. The van der Waals surface area contributed by atoms with E-state index in [0.717, 1.165) is 31.1 Å². The number of aromatic nitrogens is 1. The molecule has 0 unspecified atom stereocenters. The number of anilines is 2. The van der Waals surface area contributed by atoms with E-state index >= 15 is 0 Å². The van der Waals surface area contributed by atoms with Crippen molar-refractivity contribution in [3.8, 4) is 0 Å². The summed E-state index contributed by atoms with van der Waals surface area (Å²) in [7, 11) is 1.59. The largest absolute Gasteiger partial charge is 0.382 e. The molecule has 1 fully saturated rings. The van der Waals surface area contributed by atoms with E-state index < -0.39 is 0 Å². The van der Waals surface area contributed by atoms with E-state index in [4.69, 9.17) is 5.73 Å². The van der Waals surface area contributed by atoms with E-state index in [1.807, 2.05) is 6.92 Å². The fraction of sp³-hybridized carbons (Fsp3) is 0.615. The quantitative estimate of drug-likeness (QED) is 0.828. The number of carbonyl (C=O) groups excluding carboxylic acids is 2. The lowest BCUT2D eigenvalue weighted by molar-refractivity contribution is -0.121. The molecule has 0 aromatic carbocycles. The zero-order valence-electron chi connectivity index (χ0n) is 12.4. The van der Waals surface area contributed by atoms with Crippen molar-refractivity contribution in [2.24, 2.45) is 0 Å². The second kappa shape index (κ2) is 6.75. The highest BCUT2D eigenvalue weighted by Crippen LogP contribution is 2.30. The van der Waals surface area contributed by atoms with Crippen LogP contribution < -0.4 is 16.0 Å². The first-order valence-corrected chi connectivity index (χ1v) is 7.88. The minimum absolute atomic E-state index is 0.0169. The SMILES string of the molecule is CCNC(=O)CN(C)C(=O)c1sc(N2CCCC2)nc1N. The van der Waals surface area contributed by atoms with E-state index in [0.29, 0.717) is 11.4 Å². The Hall–Kier alpha value is -1.83. The zero-order chi connectivity index (χ0) is 15.4. The first kappa shape index (κ1) is 15.6. The van der Waals surface area contributed by atoms with Crippen molar-refractivity contribution in [1.29, 1.82) is 0 Å². The Morgan fingerprint density at radius 2 is 2.10 bits per heavy atom. The van der Waals surface area contributed by atoms with Crippen molar-refractivity contribution in [1.82, 2.24) is 15.2 Å². The van der Waals surface area contributed by atoms with E-state index in [1.54, 1.807) is 7.05 Å². The van der Waals surface area contributed by atoms with Crippen molar-refractivity contribution in [2.45, 2.75) is 19.8 Å². The van der Waals surface area contributed by atoms with Crippen molar-refractivity contribution >= 4 is 34.1 Å². The molecule has 0 aliphatic carbocycles. The Morgan fingerprint density at radius 1 is 1.43 bits per heavy atom. The molecule has 0 radical (unpaired) electrons. The summed E-state index contributed by atoms with van der Waals surface area (Å²) in [5.74, 6) is -0.201. The zero-order valence-corrected chi connectivity index (χ0v) is 13.2. The van der Waals surface area contributed by atoms with Crippen molar-refractivity contribution in [3.63, 3.8) is 0 Å². The van der Waals surface area contributed by atoms with Crippen molar-refractivity contribution in [3.05, 3.63) is 4.88 Å². The normalized spacial score (nSPS) is 14.3. The number of nitrogens with zero attached hydrogens (tertiary/aromatic N) is 3. The van der Waals surface area contributed by atoms with Gasteiger partial charge in [0.2, 0.25) is 5.91 Å². The van der Waals surface area contributed by atoms with Gasteiger partial charge in [-0.1, -0.05) is 11.3 Å². The third-order valence-corrected chi connectivity index (χ3v) is 4.43. The Bertz CT molecular complexity index is 525. The van der Waals surface area contributed by atoms with Gasteiger partial charge in [-0.25, -0.2) is 4.98 Å². The molecule has 7 nitrogen and oxygen atoms in total. The summed E-state index contributed by atoms with van der Waals surface area (Å²) in [6, 6.07) is 0. The van der Waals surface area contributed by atoms with Gasteiger partial charge in [-0.15, -0.1) is 0 Å². The van der Waals surface area contributed by atoms with Crippen molar-refractivity contribution in [2.75, 3.05) is 43.9 Å². The minimum atomic E-state index is -0.262. The topological polar surface area (TPSA) is 91.6 Å². The number of likely N-dealkylation sites (N-methyl/N-ethyl adjacent to an activating group) is 2. The maximum absolute atomic E-state index is 12.4. The molecule has 1 aliphatic rings. The molecule has 1 aliphatic heterocycles. The first-order chi connectivity index (χ1) is 10.0. The summed E-state index contributed by atoms with van der Waals surface area (Å²) in [5.41, 5.74) is 5.86. The third-order valence-electron chi connectivity index (χ3n) is 3.31. The number of hydrogen-bond acceptors (Lipinski definition) is 6. The molecule has 0 spiro atoms. The number of hydrogen-bond donors (Lipinski definition) is 2. The Kier molecular flexibility index (Phi) is 5.00. The predicted octanol–water partition coefficient (Wildman–Crippen LogP) is 0.534. The van der Waals surface area contributed by atoms with E-state index in [9.17, 15) is 9.59 Å². The Balaban J connectivity index is 2.06.